The Bertz CT molecular complexity index is 560. The van der Waals surface area contributed by atoms with E-state index in [0.717, 1.165) is 11.8 Å². The molecule has 6 heteroatoms. The summed E-state index contributed by atoms with van der Waals surface area (Å²) in [6.45, 7) is 4.63. The molecule has 0 spiro atoms. The Morgan fingerprint density at radius 2 is 1.74 bits per heavy atom. The van der Waals surface area contributed by atoms with Crippen LogP contribution < -0.4 is 11.1 Å². The lowest BCUT2D eigenvalue weighted by atomic mass is 10.1. The van der Waals surface area contributed by atoms with E-state index in [4.69, 9.17) is 5.73 Å². The molecule has 0 radical (unpaired) electrons. The van der Waals surface area contributed by atoms with Gasteiger partial charge in [0, 0.05) is 18.0 Å². The lowest BCUT2D eigenvalue weighted by Gasteiger charge is -2.21. The summed E-state index contributed by atoms with van der Waals surface area (Å²) in [4.78, 5) is 12.0. The highest BCUT2D eigenvalue weighted by molar-refractivity contribution is 7.92. The SMILES string of the molecule is CC(N)c1ccc(NC(=O)C(C)(C)S(C)(=O)=O)cc1. The van der Waals surface area contributed by atoms with Crippen LogP contribution in [-0.4, -0.2) is 25.3 Å². The molecule has 3 N–H and O–H groups in total. The molecule has 1 unspecified atom stereocenters. The second-order valence-corrected chi connectivity index (χ2v) is 7.71. The second kappa shape index (κ2) is 5.30. The molecule has 0 saturated carbocycles. The summed E-state index contributed by atoms with van der Waals surface area (Å²) in [5.74, 6) is -0.552. The second-order valence-electron chi connectivity index (χ2n) is 5.15. The Hall–Kier alpha value is -1.40. The fourth-order valence-electron chi connectivity index (χ4n) is 1.32. The van der Waals surface area contributed by atoms with E-state index < -0.39 is 20.5 Å². The van der Waals surface area contributed by atoms with Crippen molar-refractivity contribution in [2.75, 3.05) is 11.6 Å². The van der Waals surface area contributed by atoms with Crippen LogP contribution in [0.3, 0.4) is 0 Å². The van der Waals surface area contributed by atoms with Crippen LogP contribution in [0, 0.1) is 0 Å². The van der Waals surface area contributed by atoms with Gasteiger partial charge in [0.25, 0.3) is 0 Å². The molecular weight excluding hydrogens is 264 g/mol. The highest BCUT2D eigenvalue weighted by atomic mass is 32.2. The van der Waals surface area contributed by atoms with Crippen LogP contribution in [0.25, 0.3) is 0 Å². The van der Waals surface area contributed by atoms with Crippen LogP contribution in [0.5, 0.6) is 0 Å². The van der Waals surface area contributed by atoms with Crippen LogP contribution >= 0.6 is 0 Å². The first kappa shape index (κ1) is 15.7. The molecular formula is C13H20N2O3S. The summed E-state index contributed by atoms with van der Waals surface area (Å²) in [6.07, 6.45) is 1.05. The maximum absolute atomic E-state index is 12.0. The quantitative estimate of drug-likeness (QED) is 0.876. The standard InChI is InChI=1S/C13H20N2O3S/c1-9(14)10-5-7-11(8-6-10)15-12(16)13(2,3)19(4,17)18/h5-9H,14H2,1-4H3,(H,15,16). The average molecular weight is 284 g/mol. The van der Waals surface area contributed by atoms with Crippen molar-refractivity contribution in [1.82, 2.24) is 0 Å². The minimum absolute atomic E-state index is 0.0859. The van der Waals surface area contributed by atoms with Crippen molar-refractivity contribution in [2.45, 2.75) is 31.6 Å². The molecule has 0 bridgehead atoms. The molecule has 1 atom stereocenters. The molecule has 0 aliphatic rings. The number of amides is 1. The van der Waals surface area contributed by atoms with Gasteiger partial charge in [-0.05, 0) is 38.5 Å². The fourth-order valence-corrected chi connectivity index (χ4v) is 1.71. The van der Waals surface area contributed by atoms with E-state index in [1.165, 1.54) is 13.8 Å². The van der Waals surface area contributed by atoms with Gasteiger partial charge in [-0.1, -0.05) is 12.1 Å². The van der Waals surface area contributed by atoms with Gasteiger partial charge in [-0.15, -0.1) is 0 Å². The Labute approximate surface area is 114 Å². The van der Waals surface area contributed by atoms with Crippen molar-refractivity contribution in [3.8, 4) is 0 Å². The molecule has 19 heavy (non-hydrogen) atoms. The maximum Gasteiger partial charge on any atom is 0.245 e. The molecule has 0 aliphatic heterocycles. The van der Waals surface area contributed by atoms with E-state index in [1.54, 1.807) is 24.3 Å². The Morgan fingerprint density at radius 3 is 2.11 bits per heavy atom. The van der Waals surface area contributed by atoms with E-state index >= 15 is 0 Å². The molecule has 1 aromatic rings. The number of carbonyl (C=O) groups excluding carboxylic acids is 1. The number of sulfone groups is 1. The van der Waals surface area contributed by atoms with Gasteiger partial charge in [0.1, 0.15) is 4.75 Å². The summed E-state index contributed by atoms with van der Waals surface area (Å²) < 4.78 is 21.6. The fraction of sp³-hybridized carbons (Fsp3) is 0.462. The van der Waals surface area contributed by atoms with E-state index in [2.05, 4.69) is 5.32 Å². The van der Waals surface area contributed by atoms with Crippen LogP contribution in [0.15, 0.2) is 24.3 Å². The maximum atomic E-state index is 12.0. The monoisotopic (exact) mass is 284 g/mol. The van der Waals surface area contributed by atoms with Crippen molar-refractivity contribution >= 4 is 21.4 Å². The zero-order valence-electron chi connectivity index (χ0n) is 11.6. The number of hydrogen-bond acceptors (Lipinski definition) is 4. The minimum atomic E-state index is -3.48. The van der Waals surface area contributed by atoms with Crippen molar-refractivity contribution < 1.29 is 13.2 Å². The molecule has 106 valence electrons. The average Bonchev–Trinajstić information content (AvgIpc) is 2.28. The van der Waals surface area contributed by atoms with Gasteiger partial charge in [0.2, 0.25) is 5.91 Å². The lowest BCUT2D eigenvalue weighted by molar-refractivity contribution is -0.117. The third kappa shape index (κ3) is 3.54. The number of hydrogen-bond donors (Lipinski definition) is 2. The van der Waals surface area contributed by atoms with E-state index in [0.29, 0.717) is 5.69 Å². The summed E-state index contributed by atoms with van der Waals surface area (Å²) in [5, 5.41) is 2.60. The van der Waals surface area contributed by atoms with Gasteiger partial charge in [-0.2, -0.15) is 0 Å². The first-order valence-electron chi connectivity index (χ1n) is 5.92. The highest BCUT2D eigenvalue weighted by Gasteiger charge is 2.38. The number of benzene rings is 1. The number of rotatable bonds is 4. The van der Waals surface area contributed by atoms with E-state index in [9.17, 15) is 13.2 Å². The van der Waals surface area contributed by atoms with Crippen LogP contribution in [0.2, 0.25) is 0 Å². The molecule has 0 heterocycles. The lowest BCUT2D eigenvalue weighted by Crippen LogP contribution is -2.43. The molecule has 1 rings (SSSR count). The predicted octanol–water partition coefficient (Wildman–Crippen LogP) is 1.47. The zero-order valence-corrected chi connectivity index (χ0v) is 12.4. The van der Waals surface area contributed by atoms with Gasteiger partial charge in [-0.25, -0.2) is 8.42 Å². The summed E-state index contributed by atoms with van der Waals surface area (Å²) >= 11 is 0. The van der Waals surface area contributed by atoms with Crippen LogP contribution in [0.4, 0.5) is 5.69 Å². The molecule has 1 amide bonds. The van der Waals surface area contributed by atoms with Gasteiger partial charge >= 0.3 is 0 Å². The Kier molecular flexibility index (Phi) is 4.37. The van der Waals surface area contributed by atoms with Crippen molar-refractivity contribution in [3.05, 3.63) is 29.8 Å². The number of nitrogens with one attached hydrogen (secondary N) is 1. The molecule has 0 fully saturated rings. The number of anilines is 1. The van der Waals surface area contributed by atoms with Gasteiger partial charge in [-0.3, -0.25) is 4.79 Å². The van der Waals surface area contributed by atoms with Crippen LogP contribution in [-0.2, 0) is 14.6 Å². The molecule has 0 saturated heterocycles. The van der Waals surface area contributed by atoms with Gasteiger partial charge in [0.15, 0.2) is 9.84 Å². The van der Waals surface area contributed by atoms with E-state index in [1.807, 2.05) is 6.92 Å². The van der Waals surface area contributed by atoms with Crippen LogP contribution in [0.1, 0.15) is 32.4 Å². The van der Waals surface area contributed by atoms with Gasteiger partial charge in [0.05, 0.1) is 0 Å². The highest BCUT2D eigenvalue weighted by Crippen LogP contribution is 2.19. The topological polar surface area (TPSA) is 89.3 Å². The molecule has 0 aliphatic carbocycles. The first-order chi connectivity index (χ1) is 8.55. The number of carbonyl (C=O) groups is 1. The third-order valence-corrected chi connectivity index (χ3v) is 5.21. The largest absolute Gasteiger partial charge is 0.325 e. The van der Waals surface area contributed by atoms with Crippen molar-refractivity contribution in [1.29, 1.82) is 0 Å². The van der Waals surface area contributed by atoms with E-state index in [-0.39, 0.29) is 6.04 Å². The predicted molar refractivity (Wildman–Crippen MR) is 76.6 cm³/mol. The summed E-state index contributed by atoms with van der Waals surface area (Å²) in [7, 11) is -3.48. The summed E-state index contributed by atoms with van der Waals surface area (Å²) in [5.41, 5.74) is 7.22. The molecule has 5 nitrogen and oxygen atoms in total. The normalized spacial score (nSPS) is 13.9. The number of nitrogens with two attached hydrogens (primary N) is 1. The molecule has 0 aromatic heterocycles. The smallest absolute Gasteiger partial charge is 0.245 e. The van der Waals surface area contributed by atoms with Crippen molar-refractivity contribution in [3.63, 3.8) is 0 Å². The zero-order chi connectivity index (χ0) is 14.8. The summed E-state index contributed by atoms with van der Waals surface area (Å²) in [6, 6.07) is 6.92. The minimum Gasteiger partial charge on any atom is -0.325 e. The molecule has 1 aromatic carbocycles. The Balaban J connectivity index is 2.89. The first-order valence-corrected chi connectivity index (χ1v) is 7.81. The Morgan fingerprint density at radius 1 is 1.26 bits per heavy atom. The van der Waals surface area contributed by atoms with Crippen molar-refractivity contribution in [2.24, 2.45) is 5.73 Å². The van der Waals surface area contributed by atoms with Gasteiger partial charge < -0.3 is 11.1 Å². The third-order valence-electron chi connectivity index (χ3n) is 3.17.